The van der Waals surface area contributed by atoms with Gasteiger partial charge in [-0.15, -0.1) is 0 Å². The van der Waals surface area contributed by atoms with Crippen molar-refractivity contribution in [3.63, 3.8) is 0 Å². The first-order valence-corrected chi connectivity index (χ1v) is 9.64. The van der Waals surface area contributed by atoms with Gasteiger partial charge in [0.25, 0.3) is 0 Å². The van der Waals surface area contributed by atoms with Crippen molar-refractivity contribution in [1.82, 2.24) is 0 Å². The van der Waals surface area contributed by atoms with Gasteiger partial charge in [-0.3, -0.25) is 0 Å². The van der Waals surface area contributed by atoms with Crippen LogP contribution in [0, 0.1) is 5.92 Å². The third-order valence-corrected chi connectivity index (χ3v) is 5.63. The Balaban J connectivity index is 1.94. The van der Waals surface area contributed by atoms with Crippen LogP contribution in [0.1, 0.15) is 20.7 Å². The monoisotopic (exact) mass is 448 g/mol. The largest absolute Gasteiger partial charge is 0.465 e. The molecule has 2 aromatic carbocycles. The van der Waals surface area contributed by atoms with Gasteiger partial charge < -0.3 is 39.7 Å². The Morgan fingerprint density at radius 1 is 1.06 bits per heavy atom. The Kier molecular flexibility index (Phi) is 6.82. The Morgan fingerprint density at radius 2 is 1.75 bits per heavy atom. The van der Waals surface area contributed by atoms with E-state index in [0.717, 1.165) is 0 Å². The zero-order valence-corrected chi connectivity index (χ0v) is 17.3. The fourth-order valence-corrected chi connectivity index (χ4v) is 3.73. The minimum Gasteiger partial charge on any atom is -0.465 e. The van der Waals surface area contributed by atoms with Crippen molar-refractivity contribution in [3.8, 4) is 16.9 Å². The number of rotatable bonds is 7. The third-order valence-electron chi connectivity index (χ3n) is 5.63. The van der Waals surface area contributed by atoms with Gasteiger partial charge in [0.15, 0.2) is 5.60 Å². The number of benzene rings is 2. The molecule has 0 heterocycles. The van der Waals surface area contributed by atoms with E-state index in [0.29, 0.717) is 11.1 Å². The number of ether oxygens (including phenoxy) is 3. The number of aliphatic hydroxyl groups excluding tert-OH is 4. The van der Waals surface area contributed by atoms with E-state index in [1.165, 1.54) is 38.5 Å². The second-order valence-electron chi connectivity index (χ2n) is 7.35. The minimum absolute atomic E-state index is 0.0408. The summed E-state index contributed by atoms with van der Waals surface area (Å²) in [6.45, 7) is -0.696. The summed E-state index contributed by atoms with van der Waals surface area (Å²) >= 11 is 0. The van der Waals surface area contributed by atoms with Crippen molar-refractivity contribution >= 4 is 11.9 Å². The van der Waals surface area contributed by atoms with E-state index < -0.39 is 48.6 Å². The molecule has 0 bridgehead atoms. The van der Waals surface area contributed by atoms with Gasteiger partial charge in [0, 0.05) is 5.92 Å². The molecule has 172 valence electrons. The van der Waals surface area contributed by atoms with Gasteiger partial charge in [-0.2, -0.15) is 0 Å². The maximum absolute atomic E-state index is 12.4. The maximum Gasteiger partial charge on any atom is 0.338 e. The Hall–Kier alpha value is -3.02. The third kappa shape index (κ3) is 3.94. The van der Waals surface area contributed by atoms with Crippen molar-refractivity contribution in [2.24, 2.45) is 5.92 Å². The predicted molar refractivity (Wildman–Crippen MR) is 109 cm³/mol. The minimum atomic E-state index is -2.31. The van der Waals surface area contributed by atoms with Crippen LogP contribution in [0.4, 0.5) is 0 Å². The normalized spacial score (nSPS) is 25.4. The Labute approximate surface area is 183 Å². The molecule has 1 aliphatic carbocycles. The highest BCUT2D eigenvalue weighted by atomic mass is 16.6. The fraction of sp³-hybridized carbons (Fsp3) is 0.364. The fourth-order valence-electron chi connectivity index (χ4n) is 3.73. The summed E-state index contributed by atoms with van der Waals surface area (Å²) in [5.41, 5.74) is -1.09. The van der Waals surface area contributed by atoms with Gasteiger partial charge in [0.2, 0.25) is 6.29 Å². The van der Waals surface area contributed by atoms with Crippen molar-refractivity contribution < 1.29 is 49.3 Å². The van der Waals surface area contributed by atoms with Crippen LogP contribution < -0.4 is 4.74 Å². The molecule has 2 aromatic rings. The lowest BCUT2D eigenvalue weighted by Gasteiger charge is -2.53. The molecule has 5 N–H and O–H groups in total. The van der Waals surface area contributed by atoms with Crippen molar-refractivity contribution in [3.05, 3.63) is 53.6 Å². The lowest BCUT2D eigenvalue weighted by molar-refractivity contribution is -0.332. The molecule has 0 aromatic heterocycles. The number of carbonyl (C=O) groups is 2. The molecule has 0 aliphatic heterocycles. The van der Waals surface area contributed by atoms with E-state index in [-0.39, 0.29) is 16.9 Å². The molecule has 0 radical (unpaired) electrons. The number of esters is 2. The zero-order chi connectivity index (χ0) is 23.6. The van der Waals surface area contributed by atoms with E-state index in [1.54, 1.807) is 18.2 Å². The average Bonchev–Trinajstić information content (AvgIpc) is 2.82. The first-order valence-electron chi connectivity index (χ1n) is 9.64. The van der Waals surface area contributed by atoms with Crippen LogP contribution in [0.2, 0.25) is 0 Å². The molecule has 0 saturated heterocycles. The average molecular weight is 448 g/mol. The smallest absolute Gasteiger partial charge is 0.338 e. The van der Waals surface area contributed by atoms with Gasteiger partial charge in [0.05, 0.1) is 38.1 Å². The number of aliphatic hydroxyl groups is 5. The summed E-state index contributed by atoms with van der Waals surface area (Å²) in [7, 11) is 2.43. The predicted octanol–water partition coefficient (Wildman–Crippen LogP) is -0.301. The standard InChI is InChI=1S/C22H24O10/c1-30-19(26)12-5-3-4-11(8-12)14-7-6-13(9-15(14)20(27)31-2)32-21(28)22(29)16(10-23)17(24)18(22)25/h3-9,16-18,21,23-25,28-29H,10H2,1-2H3. The van der Waals surface area contributed by atoms with Gasteiger partial charge in [-0.05, 0) is 41.5 Å². The molecule has 10 nitrogen and oxygen atoms in total. The van der Waals surface area contributed by atoms with E-state index in [4.69, 9.17) is 14.2 Å². The number of methoxy groups -OCH3 is 2. The van der Waals surface area contributed by atoms with Crippen LogP contribution in [0.15, 0.2) is 42.5 Å². The highest BCUT2D eigenvalue weighted by Crippen LogP contribution is 2.42. The molecule has 1 fully saturated rings. The van der Waals surface area contributed by atoms with Gasteiger partial charge in [0.1, 0.15) is 11.9 Å². The van der Waals surface area contributed by atoms with Gasteiger partial charge in [-0.25, -0.2) is 9.59 Å². The summed E-state index contributed by atoms with van der Waals surface area (Å²) < 4.78 is 14.9. The molecule has 3 rings (SSSR count). The Morgan fingerprint density at radius 3 is 2.38 bits per heavy atom. The van der Waals surface area contributed by atoms with E-state index >= 15 is 0 Å². The first-order chi connectivity index (χ1) is 15.2. The molecular formula is C22H24O10. The molecule has 5 atom stereocenters. The number of hydrogen-bond acceptors (Lipinski definition) is 10. The molecule has 0 amide bonds. The molecule has 0 spiro atoms. The van der Waals surface area contributed by atoms with Crippen molar-refractivity contribution in [1.29, 1.82) is 0 Å². The summed E-state index contributed by atoms with van der Waals surface area (Å²) in [6.07, 6.45) is -5.19. The zero-order valence-electron chi connectivity index (χ0n) is 17.3. The topological polar surface area (TPSA) is 163 Å². The number of carbonyl (C=O) groups excluding carboxylic acids is 2. The lowest BCUT2D eigenvalue weighted by atomic mass is 9.64. The summed E-state index contributed by atoms with van der Waals surface area (Å²) in [5.74, 6) is -2.56. The van der Waals surface area contributed by atoms with E-state index in [1.807, 2.05) is 0 Å². The highest BCUT2D eigenvalue weighted by molar-refractivity contribution is 5.99. The SMILES string of the molecule is COC(=O)c1cccc(-c2ccc(OC(O)C3(O)C(O)C(O)C3CO)cc2C(=O)OC)c1. The summed E-state index contributed by atoms with van der Waals surface area (Å²) in [6, 6.07) is 10.5. The lowest BCUT2D eigenvalue weighted by Crippen LogP contribution is -2.76. The molecule has 5 unspecified atom stereocenters. The van der Waals surface area contributed by atoms with Crippen LogP contribution in [0.3, 0.4) is 0 Å². The summed E-state index contributed by atoms with van der Waals surface area (Å²) in [4.78, 5) is 24.2. The molecular weight excluding hydrogens is 424 g/mol. The van der Waals surface area contributed by atoms with E-state index in [9.17, 15) is 35.1 Å². The summed E-state index contributed by atoms with van der Waals surface area (Å²) in [5, 5.41) is 49.8. The van der Waals surface area contributed by atoms with Crippen molar-refractivity contribution in [2.45, 2.75) is 24.1 Å². The molecule has 1 aliphatic rings. The molecule has 1 saturated carbocycles. The van der Waals surface area contributed by atoms with Crippen molar-refractivity contribution in [2.75, 3.05) is 20.8 Å². The van der Waals surface area contributed by atoms with Gasteiger partial charge in [-0.1, -0.05) is 12.1 Å². The maximum atomic E-state index is 12.4. The molecule has 10 heteroatoms. The second kappa shape index (κ2) is 9.23. The van der Waals surface area contributed by atoms with Crippen LogP contribution in [0.25, 0.3) is 11.1 Å². The quantitative estimate of drug-likeness (QED) is 0.281. The van der Waals surface area contributed by atoms with Crippen LogP contribution in [-0.2, 0) is 9.47 Å². The van der Waals surface area contributed by atoms with Crippen LogP contribution in [0.5, 0.6) is 5.75 Å². The first kappa shape index (κ1) is 23.6. The highest BCUT2D eigenvalue weighted by Gasteiger charge is 2.65. The van der Waals surface area contributed by atoms with Crippen LogP contribution >= 0.6 is 0 Å². The van der Waals surface area contributed by atoms with Gasteiger partial charge >= 0.3 is 11.9 Å². The van der Waals surface area contributed by atoms with Crippen LogP contribution in [-0.4, -0.2) is 82.4 Å². The van der Waals surface area contributed by atoms with E-state index in [2.05, 4.69) is 0 Å². The number of hydrogen-bond donors (Lipinski definition) is 5. The molecule has 32 heavy (non-hydrogen) atoms. The second-order valence-corrected chi connectivity index (χ2v) is 7.35. The Bertz CT molecular complexity index is 1010.